The van der Waals surface area contributed by atoms with Gasteiger partial charge in [-0.1, -0.05) is 35.6 Å². The van der Waals surface area contributed by atoms with Crippen LogP contribution in [0.2, 0.25) is 0 Å². The van der Waals surface area contributed by atoms with Crippen molar-refractivity contribution in [3.63, 3.8) is 0 Å². The Labute approximate surface area is 154 Å². The highest BCUT2D eigenvalue weighted by molar-refractivity contribution is 7.99. The van der Waals surface area contributed by atoms with Crippen LogP contribution < -0.4 is 5.32 Å². The van der Waals surface area contributed by atoms with E-state index in [1.165, 1.54) is 11.3 Å². The molecule has 1 amide bonds. The molecule has 1 atom stereocenters. The first-order valence-corrected chi connectivity index (χ1v) is 10.1. The van der Waals surface area contributed by atoms with Crippen LogP contribution in [0.1, 0.15) is 23.2 Å². The number of amides is 1. The van der Waals surface area contributed by atoms with Gasteiger partial charge in [-0.3, -0.25) is 10.1 Å². The van der Waals surface area contributed by atoms with Gasteiger partial charge in [-0.2, -0.15) is 0 Å². The number of anilines is 1. The van der Waals surface area contributed by atoms with E-state index in [0.717, 1.165) is 40.3 Å². The molecule has 1 saturated heterocycles. The van der Waals surface area contributed by atoms with E-state index in [4.69, 9.17) is 4.74 Å². The quantitative estimate of drug-likeness (QED) is 0.654. The average molecular weight is 370 g/mol. The number of rotatable bonds is 5. The van der Waals surface area contributed by atoms with E-state index in [-0.39, 0.29) is 5.91 Å². The number of nitrogens with one attached hydrogen (secondary N) is 1. The maximum Gasteiger partial charge on any atom is 0.258 e. The largest absolute Gasteiger partial charge is 0.377 e. The maximum atomic E-state index is 12.7. The topological polar surface area (TPSA) is 51.2 Å². The van der Waals surface area contributed by atoms with Gasteiger partial charge in [-0.25, -0.2) is 4.98 Å². The molecule has 1 fully saturated rings. The first kappa shape index (κ1) is 16.6. The highest BCUT2D eigenvalue weighted by atomic mass is 32.2. The molecule has 2 aromatic carbocycles. The van der Waals surface area contributed by atoms with Gasteiger partial charge in [0.2, 0.25) is 0 Å². The summed E-state index contributed by atoms with van der Waals surface area (Å²) in [6.07, 6.45) is 2.53. The summed E-state index contributed by atoms with van der Waals surface area (Å²) in [4.78, 5) is 18.2. The minimum atomic E-state index is -0.116. The molecule has 4 nitrogen and oxygen atoms in total. The highest BCUT2D eigenvalue weighted by Gasteiger charge is 2.18. The van der Waals surface area contributed by atoms with Gasteiger partial charge >= 0.3 is 0 Å². The van der Waals surface area contributed by atoms with E-state index in [1.54, 1.807) is 11.8 Å². The van der Waals surface area contributed by atoms with Gasteiger partial charge in [0, 0.05) is 17.3 Å². The molecule has 3 aromatic rings. The summed E-state index contributed by atoms with van der Waals surface area (Å²) in [5.74, 6) is 0.764. The summed E-state index contributed by atoms with van der Waals surface area (Å²) in [7, 11) is 0. The van der Waals surface area contributed by atoms with Crippen molar-refractivity contribution in [2.45, 2.75) is 23.8 Å². The summed E-state index contributed by atoms with van der Waals surface area (Å²) in [6.45, 7) is 0.852. The summed E-state index contributed by atoms with van der Waals surface area (Å²) >= 11 is 3.18. The number of nitrogens with zero attached hydrogens (tertiary/aromatic N) is 1. The van der Waals surface area contributed by atoms with Crippen molar-refractivity contribution in [2.24, 2.45) is 0 Å². The van der Waals surface area contributed by atoms with Gasteiger partial charge in [0.15, 0.2) is 5.13 Å². The number of para-hydroxylation sites is 1. The lowest BCUT2D eigenvalue weighted by Gasteiger charge is -2.11. The van der Waals surface area contributed by atoms with Crippen molar-refractivity contribution in [3.05, 3.63) is 54.1 Å². The molecular formula is C19H18N2O2S2. The molecule has 2 heterocycles. The Morgan fingerprint density at radius 1 is 1.24 bits per heavy atom. The third-order valence-electron chi connectivity index (χ3n) is 4.09. The Morgan fingerprint density at radius 2 is 2.08 bits per heavy atom. The molecule has 0 saturated carbocycles. The molecule has 1 unspecified atom stereocenters. The van der Waals surface area contributed by atoms with E-state index in [1.807, 2.05) is 48.5 Å². The van der Waals surface area contributed by atoms with Crippen molar-refractivity contribution in [1.29, 1.82) is 0 Å². The second-order valence-corrected chi connectivity index (χ2v) is 7.98. The van der Waals surface area contributed by atoms with E-state index in [0.29, 0.717) is 16.8 Å². The standard InChI is InChI=1S/C19H18N2O2S2/c22-18(21-19-20-15-8-2-4-10-17(15)25-19)14-7-1-3-9-16(14)24-12-13-6-5-11-23-13/h1-4,7-10,13H,5-6,11-12H2,(H,20,21,22). The summed E-state index contributed by atoms with van der Waals surface area (Å²) < 4.78 is 6.74. The fourth-order valence-electron chi connectivity index (χ4n) is 2.83. The normalized spacial score (nSPS) is 17.0. The summed E-state index contributed by atoms with van der Waals surface area (Å²) in [5.41, 5.74) is 1.59. The Balaban J connectivity index is 1.49. The van der Waals surface area contributed by atoms with E-state index >= 15 is 0 Å². The van der Waals surface area contributed by atoms with Crippen LogP contribution in [0, 0.1) is 0 Å². The number of thioether (sulfide) groups is 1. The van der Waals surface area contributed by atoms with Crippen molar-refractivity contribution in [1.82, 2.24) is 4.98 Å². The number of aromatic nitrogens is 1. The molecule has 0 radical (unpaired) electrons. The van der Waals surface area contributed by atoms with Crippen molar-refractivity contribution >= 4 is 44.4 Å². The zero-order valence-electron chi connectivity index (χ0n) is 13.6. The Bertz CT molecular complexity index is 855. The second-order valence-electron chi connectivity index (χ2n) is 5.88. The van der Waals surface area contributed by atoms with E-state index in [2.05, 4.69) is 10.3 Å². The molecule has 0 bridgehead atoms. The van der Waals surface area contributed by atoms with Gasteiger partial charge < -0.3 is 4.74 Å². The average Bonchev–Trinajstić information content (AvgIpc) is 3.29. The van der Waals surface area contributed by atoms with Gasteiger partial charge in [0.25, 0.3) is 5.91 Å². The molecule has 1 aliphatic rings. The number of carbonyl (C=O) groups excluding carboxylic acids is 1. The number of carbonyl (C=O) groups is 1. The Hall–Kier alpha value is -1.89. The predicted octanol–water partition coefficient (Wildman–Crippen LogP) is 4.82. The number of thiazole rings is 1. The fraction of sp³-hybridized carbons (Fsp3) is 0.263. The molecule has 1 aliphatic heterocycles. The molecular weight excluding hydrogens is 352 g/mol. The lowest BCUT2D eigenvalue weighted by Crippen LogP contribution is -2.14. The second kappa shape index (κ2) is 7.56. The molecule has 1 N–H and O–H groups in total. The molecule has 1 aromatic heterocycles. The van der Waals surface area contributed by atoms with Crippen LogP contribution in [-0.4, -0.2) is 29.4 Å². The smallest absolute Gasteiger partial charge is 0.258 e. The SMILES string of the molecule is O=C(Nc1nc2ccccc2s1)c1ccccc1SCC1CCCO1. The zero-order valence-corrected chi connectivity index (χ0v) is 15.2. The van der Waals surface area contributed by atoms with Crippen LogP contribution in [0.4, 0.5) is 5.13 Å². The number of ether oxygens (including phenoxy) is 1. The van der Waals surface area contributed by atoms with Crippen LogP contribution in [0.3, 0.4) is 0 Å². The van der Waals surface area contributed by atoms with Crippen molar-refractivity contribution in [2.75, 3.05) is 17.7 Å². The van der Waals surface area contributed by atoms with Crippen molar-refractivity contribution in [3.8, 4) is 0 Å². The first-order chi connectivity index (χ1) is 12.3. The first-order valence-electron chi connectivity index (χ1n) is 8.30. The number of hydrogen-bond acceptors (Lipinski definition) is 5. The van der Waals surface area contributed by atoms with Gasteiger partial charge in [0.1, 0.15) is 0 Å². The summed E-state index contributed by atoms with van der Waals surface area (Å²) in [5, 5.41) is 3.57. The zero-order chi connectivity index (χ0) is 17.1. The summed E-state index contributed by atoms with van der Waals surface area (Å²) in [6, 6.07) is 15.6. The third kappa shape index (κ3) is 3.86. The minimum Gasteiger partial charge on any atom is -0.377 e. The van der Waals surface area contributed by atoms with Gasteiger partial charge in [-0.05, 0) is 37.1 Å². The van der Waals surface area contributed by atoms with Gasteiger partial charge in [0.05, 0.1) is 21.9 Å². The Morgan fingerprint density at radius 3 is 2.92 bits per heavy atom. The van der Waals surface area contributed by atoms with Crippen LogP contribution in [0.25, 0.3) is 10.2 Å². The molecule has 6 heteroatoms. The van der Waals surface area contributed by atoms with Crippen LogP contribution in [-0.2, 0) is 4.74 Å². The molecule has 25 heavy (non-hydrogen) atoms. The molecule has 128 valence electrons. The Kier molecular flexibility index (Phi) is 5.01. The van der Waals surface area contributed by atoms with Crippen LogP contribution >= 0.6 is 23.1 Å². The minimum absolute atomic E-state index is 0.116. The maximum absolute atomic E-state index is 12.7. The molecule has 4 rings (SSSR count). The number of benzene rings is 2. The highest BCUT2D eigenvalue weighted by Crippen LogP contribution is 2.29. The molecule has 0 spiro atoms. The number of fused-ring (bicyclic) bond motifs is 1. The number of hydrogen-bond donors (Lipinski definition) is 1. The van der Waals surface area contributed by atoms with E-state index < -0.39 is 0 Å². The van der Waals surface area contributed by atoms with Crippen LogP contribution in [0.5, 0.6) is 0 Å². The van der Waals surface area contributed by atoms with Crippen LogP contribution in [0.15, 0.2) is 53.4 Å². The van der Waals surface area contributed by atoms with Crippen molar-refractivity contribution < 1.29 is 9.53 Å². The fourth-order valence-corrected chi connectivity index (χ4v) is 4.81. The van der Waals surface area contributed by atoms with E-state index in [9.17, 15) is 4.79 Å². The monoisotopic (exact) mass is 370 g/mol. The predicted molar refractivity (Wildman–Crippen MR) is 104 cm³/mol. The van der Waals surface area contributed by atoms with Gasteiger partial charge in [-0.15, -0.1) is 11.8 Å². The lowest BCUT2D eigenvalue weighted by molar-refractivity contribution is 0.102. The third-order valence-corrected chi connectivity index (χ3v) is 6.25. The molecule has 0 aliphatic carbocycles. The lowest BCUT2D eigenvalue weighted by atomic mass is 10.2.